The quantitative estimate of drug-likeness (QED) is 0.823. The van der Waals surface area contributed by atoms with Crippen LogP contribution >= 0.6 is 11.5 Å². The molecule has 7 nitrogen and oxygen atoms in total. The van der Waals surface area contributed by atoms with Crippen molar-refractivity contribution in [3.8, 4) is 0 Å². The van der Waals surface area contributed by atoms with Crippen molar-refractivity contribution >= 4 is 28.5 Å². The Morgan fingerprint density at radius 2 is 2.35 bits per heavy atom. The van der Waals surface area contributed by atoms with E-state index in [2.05, 4.69) is 14.9 Å². The van der Waals surface area contributed by atoms with E-state index in [1.807, 2.05) is 0 Å². The predicted molar refractivity (Wildman–Crippen MR) is 60.9 cm³/mol. The Morgan fingerprint density at radius 3 is 3.00 bits per heavy atom. The first kappa shape index (κ1) is 11.8. The largest absolute Gasteiger partial charge is 0.480 e. The molecule has 1 aromatic rings. The number of rotatable bonds is 2. The van der Waals surface area contributed by atoms with Crippen LogP contribution < -0.4 is 5.32 Å². The third-order valence-corrected chi connectivity index (χ3v) is 3.22. The molecular weight excluding hydrogens is 244 g/mol. The molecule has 0 aromatic carbocycles. The van der Waals surface area contributed by atoms with Crippen LogP contribution in [0.2, 0.25) is 0 Å². The summed E-state index contributed by atoms with van der Waals surface area (Å²) in [6, 6.07) is -1.13. The summed E-state index contributed by atoms with van der Waals surface area (Å²) in [4.78, 5) is 24.3. The van der Waals surface area contributed by atoms with Crippen LogP contribution in [-0.4, -0.2) is 44.2 Å². The standard InChI is InChI=1S/C9H12N4O3S/c14-8(15)6-3-1-2-4-13(6)9(16)11-7-5-10-12-17-7/h5-6H,1-4H2,(H,11,16)(H,14,15). The second-order valence-electron chi connectivity index (χ2n) is 3.76. The van der Waals surface area contributed by atoms with Crippen LogP contribution in [0.3, 0.4) is 0 Å². The Labute approximate surface area is 102 Å². The minimum absolute atomic E-state index is 0.400. The molecule has 1 saturated heterocycles. The molecule has 0 saturated carbocycles. The summed E-state index contributed by atoms with van der Waals surface area (Å²) in [6.45, 7) is 0.467. The first-order valence-corrected chi connectivity index (χ1v) is 6.03. The number of carbonyl (C=O) groups excluding carboxylic acids is 1. The van der Waals surface area contributed by atoms with Gasteiger partial charge in [0.2, 0.25) is 0 Å². The number of urea groups is 1. The third kappa shape index (κ3) is 2.70. The van der Waals surface area contributed by atoms with Gasteiger partial charge in [0.25, 0.3) is 0 Å². The fourth-order valence-corrected chi connectivity index (χ4v) is 2.24. The molecule has 1 unspecified atom stereocenters. The molecule has 0 spiro atoms. The van der Waals surface area contributed by atoms with Gasteiger partial charge in [-0.15, -0.1) is 5.10 Å². The van der Waals surface area contributed by atoms with Gasteiger partial charge in [0, 0.05) is 18.1 Å². The van der Waals surface area contributed by atoms with Gasteiger partial charge in [0.1, 0.15) is 11.0 Å². The number of carboxylic acids is 1. The number of amides is 2. The summed E-state index contributed by atoms with van der Waals surface area (Å²) < 4.78 is 3.62. The van der Waals surface area contributed by atoms with Crippen LogP contribution in [0.1, 0.15) is 19.3 Å². The first-order valence-electron chi connectivity index (χ1n) is 5.26. The van der Waals surface area contributed by atoms with Crippen LogP contribution in [0.25, 0.3) is 0 Å². The number of carboxylic acid groups (broad SMARTS) is 1. The Bertz CT molecular complexity index is 408. The van der Waals surface area contributed by atoms with Gasteiger partial charge in [-0.05, 0) is 19.3 Å². The zero-order chi connectivity index (χ0) is 12.3. The lowest BCUT2D eigenvalue weighted by Crippen LogP contribution is -2.49. The van der Waals surface area contributed by atoms with Crippen molar-refractivity contribution in [2.45, 2.75) is 25.3 Å². The van der Waals surface area contributed by atoms with E-state index in [-0.39, 0.29) is 0 Å². The smallest absolute Gasteiger partial charge is 0.326 e. The molecule has 1 aliphatic rings. The number of hydrogen-bond donors (Lipinski definition) is 2. The van der Waals surface area contributed by atoms with E-state index in [1.165, 1.54) is 11.1 Å². The van der Waals surface area contributed by atoms with Gasteiger partial charge in [-0.3, -0.25) is 5.32 Å². The SMILES string of the molecule is O=C(O)C1CCCCN1C(=O)Nc1cnns1. The Kier molecular flexibility index (Phi) is 3.52. The Balaban J connectivity index is 2.03. The van der Waals surface area contributed by atoms with Gasteiger partial charge in [-0.2, -0.15) is 0 Å². The Morgan fingerprint density at radius 1 is 1.53 bits per heavy atom. The number of nitrogens with one attached hydrogen (secondary N) is 1. The molecule has 2 rings (SSSR count). The third-order valence-electron chi connectivity index (χ3n) is 2.64. The van der Waals surface area contributed by atoms with E-state index in [0.717, 1.165) is 24.4 Å². The van der Waals surface area contributed by atoms with E-state index in [0.29, 0.717) is 18.0 Å². The van der Waals surface area contributed by atoms with Crippen molar-refractivity contribution in [1.82, 2.24) is 14.5 Å². The molecule has 0 aliphatic carbocycles. The fraction of sp³-hybridized carbons (Fsp3) is 0.556. The molecule has 8 heteroatoms. The van der Waals surface area contributed by atoms with Gasteiger partial charge in [0.15, 0.2) is 0 Å². The van der Waals surface area contributed by atoms with Gasteiger partial charge < -0.3 is 10.0 Å². The molecule has 0 bridgehead atoms. The van der Waals surface area contributed by atoms with Crippen LogP contribution in [0, 0.1) is 0 Å². The van der Waals surface area contributed by atoms with Gasteiger partial charge in [-0.25, -0.2) is 9.59 Å². The lowest BCUT2D eigenvalue weighted by molar-refractivity contribution is -0.143. The van der Waals surface area contributed by atoms with E-state index in [4.69, 9.17) is 5.11 Å². The maximum absolute atomic E-state index is 11.9. The molecule has 1 fully saturated rings. The monoisotopic (exact) mass is 256 g/mol. The normalized spacial score (nSPS) is 20.0. The van der Waals surface area contributed by atoms with E-state index < -0.39 is 18.0 Å². The van der Waals surface area contributed by atoms with Gasteiger partial charge in [0.05, 0.1) is 6.20 Å². The molecule has 2 amide bonds. The zero-order valence-electron chi connectivity index (χ0n) is 9.00. The van der Waals surface area contributed by atoms with Crippen LogP contribution in [0.5, 0.6) is 0 Å². The van der Waals surface area contributed by atoms with Crippen LogP contribution in [0.4, 0.5) is 9.80 Å². The molecular formula is C9H12N4O3S. The summed E-state index contributed by atoms with van der Waals surface area (Å²) in [5.74, 6) is -0.956. The average Bonchev–Trinajstić information content (AvgIpc) is 2.81. The maximum atomic E-state index is 11.9. The molecule has 17 heavy (non-hydrogen) atoms. The first-order chi connectivity index (χ1) is 8.18. The number of piperidine rings is 1. The van der Waals surface area contributed by atoms with Crippen molar-refractivity contribution in [2.24, 2.45) is 0 Å². The highest BCUT2D eigenvalue weighted by atomic mass is 32.1. The molecule has 1 aromatic heterocycles. The van der Waals surface area contributed by atoms with Crippen LogP contribution in [-0.2, 0) is 4.79 Å². The summed E-state index contributed by atoms with van der Waals surface area (Å²) in [7, 11) is 0. The highest BCUT2D eigenvalue weighted by Crippen LogP contribution is 2.19. The van der Waals surface area contributed by atoms with Gasteiger partial charge in [-0.1, -0.05) is 4.49 Å². The molecule has 92 valence electrons. The Hall–Kier alpha value is -1.70. The van der Waals surface area contributed by atoms with Crippen molar-refractivity contribution in [3.05, 3.63) is 6.20 Å². The lowest BCUT2D eigenvalue weighted by atomic mass is 10.0. The highest BCUT2D eigenvalue weighted by molar-refractivity contribution is 7.10. The number of anilines is 1. The minimum atomic E-state index is -0.956. The number of likely N-dealkylation sites (tertiary alicyclic amines) is 1. The minimum Gasteiger partial charge on any atom is -0.480 e. The topological polar surface area (TPSA) is 95.4 Å². The predicted octanol–water partition coefficient (Wildman–Crippen LogP) is 1.01. The van der Waals surface area contributed by atoms with E-state index >= 15 is 0 Å². The summed E-state index contributed by atoms with van der Waals surface area (Å²) in [5, 5.41) is 15.7. The second-order valence-corrected chi connectivity index (χ2v) is 4.54. The van der Waals surface area contributed by atoms with Crippen molar-refractivity contribution in [3.63, 3.8) is 0 Å². The lowest BCUT2D eigenvalue weighted by Gasteiger charge is -2.32. The average molecular weight is 256 g/mol. The molecule has 1 atom stereocenters. The van der Waals surface area contributed by atoms with Gasteiger partial charge >= 0.3 is 12.0 Å². The number of aliphatic carboxylic acids is 1. The molecule has 1 aliphatic heterocycles. The molecule has 0 radical (unpaired) electrons. The number of nitrogens with zero attached hydrogens (tertiary/aromatic N) is 3. The van der Waals surface area contributed by atoms with E-state index in [9.17, 15) is 9.59 Å². The highest BCUT2D eigenvalue weighted by Gasteiger charge is 2.32. The van der Waals surface area contributed by atoms with Crippen molar-refractivity contribution in [2.75, 3.05) is 11.9 Å². The summed E-state index contributed by atoms with van der Waals surface area (Å²) >= 11 is 1.06. The molecule has 2 N–H and O–H groups in total. The summed E-state index contributed by atoms with van der Waals surface area (Å²) in [5.41, 5.74) is 0. The number of aromatic nitrogens is 2. The number of hydrogen-bond acceptors (Lipinski definition) is 5. The van der Waals surface area contributed by atoms with Crippen LogP contribution in [0.15, 0.2) is 6.20 Å². The zero-order valence-corrected chi connectivity index (χ0v) is 9.81. The fourth-order valence-electron chi connectivity index (χ4n) is 1.83. The molecule has 2 heterocycles. The van der Waals surface area contributed by atoms with Crippen molar-refractivity contribution < 1.29 is 14.7 Å². The second kappa shape index (κ2) is 5.09. The number of carbonyl (C=O) groups is 2. The van der Waals surface area contributed by atoms with E-state index in [1.54, 1.807) is 0 Å². The maximum Gasteiger partial charge on any atom is 0.326 e. The van der Waals surface area contributed by atoms with Crippen molar-refractivity contribution in [1.29, 1.82) is 0 Å². The summed E-state index contributed by atoms with van der Waals surface area (Å²) in [6.07, 6.45) is 3.60.